The molecule has 0 aromatic rings. The molecule has 0 aromatic carbocycles. The van der Waals surface area contributed by atoms with Crippen molar-refractivity contribution in [3.8, 4) is 0 Å². The molecule has 0 atom stereocenters. The first-order valence-electron chi connectivity index (χ1n) is 4.89. The van der Waals surface area contributed by atoms with Gasteiger partial charge in [-0.05, 0) is 18.2 Å². The number of allylic oxidation sites excluding steroid dienone is 3. The van der Waals surface area contributed by atoms with E-state index in [1.165, 1.54) is 5.70 Å². The summed E-state index contributed by atoms with van der Waals surface area (Å²) in [5.74, 6) is 0.516. The topological polar surface area (TPSA) is 3.24 Å². The molecule has 0 bridgehead atoms. The fourth-order valence-corrected chi connectivity index (χ4v) is 1.31. The number of hydrogen-bond acceptors (Lipinski definition) is 1. The van der Waals surface area contributed by atoms with E-state index in [4.69, 9.17) is 0 Å². The zero-order valence-electron chi connectivity index (χ0n) is 9.09. The maximum Gasteiger partial charge on any atom is 0.103 e. The lowest BCUT2D eigenvalue weighted by Crippen LogP contribution is -2.20. The second-order valence-corrected chi connectivity index (χ2v) is 3.36. The number of nitrogens with zero attached hydrogens (tertiary/aromatic N) is 1. The maximum absolute atomic E-state index is 3.82. The van der Waals surface area contributed by atoms with Crippen molar-refractivity contribution in [3.63, 3.8) is 0 Å². The Labute approximate surface area is 83.2 Å². The first-order chi connectivity index (χ1) is 6.17. The van der Waals surface area contributed by atoms with Crippen molar-refractivity contribution in [2.75, 3.05) is 6.54 Å². The van der Waals surface area contributed by atoms with Gasteiger partial charge in [0.05, 0.1) is 0 Å². The second-order valence-electron chi connectivity index (χ2n) is 3.36. The highest BCUT2D eigenvalue weighted by Gasteiger charge is 2.07. The highest BCUT2D eigenvalue weighted by Crippen LogP contribution is 2.15. The average Bonchev–Trinajstić information content (AvgIpc) is 2.10. The van der Waals surface area contributed by atoms with Gasteiger partial charge < -0.3 is 4.90 Å². The van der Waals surface area contributed by atoms with Gasteiger partial charge in [0.1, 0.15) is 7.85 Å². The summed E-state index contributed by atoms with van der Waals surface area (Å²) in [7, 11) is 2.17. The van der Waals surface area contributed by atoms with Crippen LogP contribution in [-0.4, -0.2) is 19.3 Å². The Morgan fingerprint density at radius 2 is 2.08 bits per heavy atom. The van der Waals surface area contributed by atoms with Crippen LogP contribution < -0.4 is 0 Å². The van der Waals surface area contributed by atoms with Gasteiger partial charge in [-0.3, -0.25) is 0 Å². The standard InChI is InChI=1S/C11H20BN/c1-5-7-11(10(3)4)13(6-2)9-8-12/h5-7,10H,1-2,8-9,12H2,3-4H3/b11-7-. The molecule has 0 N–H and O–H groups in total. The van der Waals surface area contributed by atoms with Crippen molar-refractivity contribution in [1.82, 2.24) is 4.90 Å². The minimum absolute atomic E-state index is 0.516. The van der Waals surface area contributed by atoms with Gasteiger partial charge in [-0.25, -0.2) is 0 Å². The van der Waals surface area contributed by atoms with Gasteiger partial charge in [-0.15, -0.1) is 0 Å². The van der Waals surface area contributed by atoms with E-state index in [1.54, 1.807) is 0 Å². The summed E-state index contributed by atoms with van der Waals surface area (Å²) < 4.78 is 0. The van der Waals surface area contributed by atoms with E-state index in [1.807, 2.05) is 12.3 Å². The third-order valence-electron chi connectivity index (χ3n) is 1.90. The van der Waals surface area contributed by atoms with Gasteiger partial charge in [0, 0.05) is 12.2 Å². The van der Waals surface area contributed by atoms with Gasteiger partial charge in [0.25, 0.3) is 0 Å². The first kappa shape index (κ1) is 12.1. The summed E-state index contributed by atoms with van der Waals surface area (Å²) in [6.45, 7) is 12.9. The van der Waals surface area contributed by atoms with Gasteiger partial charge in [0.2, 0.25) is 0 Å². The normalized spacial score (nSPS) is 11.5. The Bertz CT molecular complexity index is 194. The van der Waals surface area contributed by atoms with Crippen molar-refractivity contribution in [1.29, 1.82) is 0 Å². The smallest absolute Gasteiger partial charge is 0.103 e. The lowest BCUT2D eigenvalue weighted by atomic mass is 10.0. The van der Waals surface area contributed by atoms with E-state index in [0.29, 0.717) is 5.92 Å². The van der Waals surface area contributed by atoms with Crippen LogP contribution in [0, 0.1) is 5.92 Å². The van der Waals surface area contributed by atoms with E-state index in [2.05, 4.69) is 45.8 Å². The Kier molecular flexibility index (Phi) is 6.12. The highest BCUT2D eigenvalue weighted by atomic mass is 15.1. The maximum atomic E-state index is 3.82. The summed E-state index contributed by atoms with van der Waals surface area (Å²) in [5.41, 5.74) is 1.28. The molecule has 0 unspecified atom stereocenters. The molecule has 13 heavy (non-hydrogen) atoms. The molecule has 0 aliphatic heterocycles. The Balaban J connectivity index is 4.58. The SMILES string of the molecule is BCCN(C=C)/C(=C\C=C)C(C)C. The molecular weight excluding hydrogens is 157 g/mol. The Morgan fingerprint density at radius 3 is 2.38 bits per heavy atom. The molecule has 0 spiro atoms. The molecule has 2 heteroatoms. The lowest BCUT2D eigenvalue weighted by molar-refractivity contribution is 0.434. The van der Waals surface area contributed by atoms with Gasteiger partial charge >= 0.3 is 0 Å². The van der Waals surface area contributed by atoms with Crippen LogP contribution in [0.3, 0.4) is 0 Å². The third-order valence-corrected chi connectivity index (χ3v) is 1.90. The van der Waals surface area contributed by atoms with Crippen LogP contribution in [0.4, 0.5) is 0 Å². The zero-order chi connectivity index (χ0) is 10.3. The predicted molar refractivity (Wildman–Crippen MR) is 63.4 cm³/mol. The molecule has 0 heterocycles. The summed E-state index contributed by atoms with van der Waals surface area (Å²) in [5, 5.41) is 0. The van der Waals surface area contributed by atoms with Crippen LogP contribution in [0.25, 0.3) is 0 Å². The van der Waals surface area contributed by atoms with Crippen molar-refractivity contribution >= 4 is 7.85 Å². The quantitative estimate of drug-likeness (QED) is 0.444. The highest BCUT2D eigenvalue weighted by molar-refractivity contribution is 6.08. The molecule has 0 saturated carbocycles. The van der Waals surface area contributed by atoms with Crippen LogP contribution in [0.1, 0.15) is 13.8 Å². The van der Waals surface area contributed by atoms with E-state index in [9.17, 15) is 0 Å². The summed E-state index contributed by atoms with van der Waals surface area (Å²) in [4.78, 5) is 2.19. The van der Waals surface area contributed by atoms with E-state index in [-0.39, 0.29) is 0 Å². The van der Waals surface area contributed by atoms with Crippen LogP contribution in [0.2, 0.25) is 6.32 Å². The fraction of sp³-hybridized carbons (Fsp3) is 0.455. The third kappa shape index (κ3) is 4.02. The molecule has 0 radical (unpaired) electrons. The first-order valence-corrected chi connectivity index (χ1v) is 4.89. The van der Waals surface area contributed by atoms with Crippen molar-refractivity contribution in [2.45, 2.75) is 20.2 Å². The van der Waals surface area contributed by atoms with E-state index in [0.717, 1.165) is 12.9 Å². The minimum atomic E-state index is 0.516. The van der Waals surface area contributed by atoms with E-state index >= 15 is 0 Å². The molecule has 72 valence electrons. The van der Waals surface area contributed by atoms with Gasteiger partial charge in [-0.1, -0.05) is 39.4 Å². The second kappa shape index (κ2) is 6.58. The Hall–Kier alpha value is -0.915. The summed E-state index contributed by atoms with van der Waals surface area (Å²) in [6.07, 6.45) is 6.91. The summed E-state index contributed by atoms with van der Waals surface area (Å²) >= 11 is 0. The molecule has 1 nitrogen and oxygen atoms in total. The van der Waals surface area contributed by atoms with Crippen molar-refractivity contribution < 1.29 is 0 Å². The predicted octanol–water partition coefficient (Wildman–Crippen LogP) is 2.21. The monoisotopic (exact) mass is 177 g/mol. The molecule has 0 aliphatic rings. The van der Waals surface area contributed by atoms with Crippen LogP contribution in [-0.2, 0) is 0 Å². The van der Waals surface area contributed by atoms with Crippen LogP contribution >= 0.6 is 0 Å². The molecule has 0 aliphatic carbocycles. The summed E-state index contributed by atoms with van der Waals surface area (Å²) in [6, 6.07) is 0. The minimum Gasteiger partial charge on any atom is -0.352 e. The zero-order valence-corrected chi connectivity index (χ0v) is 9.09. The fourth-order valence-electron chi connectivity index (χ4n) is 1.31. The number of rotatable bonds is 6. The lowest BCUT2D eigenvalue weighted by Gasteiger charge is -2.25. The molecule has 0 amide bonds. The van der Waals surface area contributed by atoms with Crippen LogP contribution in [0.15, 0.2) is 37.2 Å². The van der Waals surface area contributed by atoms with Gasteiger partial charge in [0.15, 0.2) is 0 Å². The van der Waals surface area contributed by atoms with E-state index < -0.39 is 0 Å². The number of hydrogen-bond donors (Lipinski definition) is 0. The molecular formula is C11H20BN. The molecule has 0 fully saturated rings. The molecule has 0 aromatic heterocycles. The Morgan fingerprint density at radius 1 is 1.46 bits per heavy atom. The van der Waals surface area contributed by atoms with Crippen molar-refractivity contribution in [2.24, 2.45) is 5.92 Å². The molecule has 0 saturated heterocycles. The molecule has 0 rings (SSSR count). The largest absolute Gasteiger partial charge is 0.352 e. The average molecular weight is 177 g/mol. The van der Waals surface area contributed by atoms with Crippen LogP contribution in [0.5, 0.6) is 0 Å². The van der Waals surface area contributed by atoms with Gasteiger partial charge in [-0.2, -0.15) is 0 Å². The van der Waals surface area contributed by atoms with Crippen molar-refractivity contribution in [3.05, 3.63) is 37.2 Å².